The van der Waals surface area contributed by atoms with E-state index in [1.807, 2.05) is 18.3 Å². The zero-order valence-corrected chi connectivity index (χ0v) is 13.0. The molecule has 0 aromatic carbocycles. The Morgan fingerprint density at radius 3 is 2.77 bits per heavy atom. The number of rotatable bonds is 5. The normalized spacial score (nSPS) is 16.6. The molecule has 1 saturated heterocycles. The zero-order chi connectivity index (χ0) is 15.2. The van der Waals surface area contributed by atoms with Gasteiger partial charge in [-0.3, -0.25) is 9.97 Å². The molecule has 116 valence electrons. The van der Waals surface area contributed by atoms with Crippen molar-refractivity contribution in [1.82, 2.24) is 19.9 Å². The van der Waals surface area contributed by atoms with Crippen LogP contribution in [-0.2, 0) is 0 Å². The van der Waals surface area contributed by atoms with Gasteiger partial charge in [0.05, 0.1) is 18.1 Å². The van der Waals surface area contributed by atoms with Crippen molar-refractivity contribution in [2.45, 2.75) is 32.1 Å². The van der Waals surface area contributed by atoms with E-state index in [2.05, 4.69) is 26.8 Å². The summed E-state index contributed by atoms with van der Waals surface area (Å²) in [6.45, 7) is 5.72. The van der Waals surface area contributed by atoms with Crippen LogP contribution in [0.3, 0.4) is 0 Å². The molecule has 0 atom stereocenters. The Balaban J connectivity index is 1.64. The highest BCUT2D eigenvalue weighted by Crippen LogP contribution is 2.28. The molecule has 0 N–H and O–H groups in total. The maximum absolute atomic E-state index is 5.72. The highest BCUT2D eigenvalue weighted by Gasteiger charge is 2.21. The molecule has 0 aliphatic carbocycles. The molecule has 1 aliphatic rings. The minimum Gasteiger partial charge on any atom is -0.436 e. The van der Waals surface area contributed by atoms with Gasteiger partial charge in [0.1, 0.15) is 5.75 Å². The molecule has 1 aliphatic heterocycles. The minimum atomic E-state index is 0.484. The minimum absolute atomic E-state index is 0.484. The molecule has 5 heteroatoms. The van der Waals surface area contributed by atoms with Gasteiger partial charge < -0.3 is 9.64 Å². The van der Waals surface area contributed by atoms with E-state index >= 15 is 0 Å². The van der Waals surface area contributed by atoms with Crippen LogP contribution in [0.1, 0.15) is 37.8 Å². The smallest absolute Gasteiger partial charge is 0.238 e. The zero-order valence-electron chi connectivity index (χ0n) is 13.0. The summed E-state index contributed by atoms with van der Waals surface area (Å²) in [7, 11) is 0. The molecule has 3 rings (SSSR count). The number of ether oxygens (including phenoxy) is 1. The average Bonchev–Trinajstić information content (AvgIpc) is 2.57. The Bertz CT molecular complexity index is 582. The fraction of sp³-hybridized carbons (Fsp3) is 0.471. The van der Waals surface area contributed by atoms with Crippen LogP contribution in [0.5, 0.6) is 11.6 Å². The van der Waals surface area contributed by atoms with Gasteiger partial charge in [-0.25, -0.2) is 4.98 Å². The second-order valence-corrected chi connectivity index (χ2v) is 5.69. The van der Waals surface area contributed by atoms with E-state index in [1.165, 1.54) is 13.0 Å². The summed E-state index contributed by atoms with van der Waals surface area (Å²) < 4.78 is 5.72. The SMILES string of the molecule is CCCN1CCC(c2cncc(Oc3cccnc3)n2)CC1. The molecule has 0 amide bonds. The van der Waals surface area contributed by atoms with Gasteiger partial charge in [-0.15, -0.1) is 0 Å². The average molecular weight is 298 g/mol. The second kappa shape index (κ2) is 7.31. The fourth-order valence-electron chi connectivity index (χ4n) is 2.91. The second-order valence-electron chi connectivity index (χ2n) is 5.69. The maximum Gasteiger partial charge on any atom is 0.238 e. The van der Waals surface area contributed by atoms with Crippen molar-refractivity contribution in [2.75, 3.05) is 19.6 Å². The first-order valence-electron chi connectivity index (χ1n) is 7.97. The highest BCUT2D eigenvalue weighted by molar-refractivity contribution is 5.23. The molecule has 0 spiro atoms. The van der Waals surface area contributed by atoms with E-state index in [0.29, 0.717) is 17.5 Å². The van der Waals surface area contributed by atoms with Crippen molar-refractivity contribution >= 4 is 0 Å². The van der Waals surface area contributed by atoms with Crippen molar-refractivity contribution in [3.05, 3.63) is 42.6 Å². The summed E-state index contributed by atoms with van der Waals surface area (Å²) in [6, 6.07) is 3.71. The first-order chi connectivity index (χ1) is 10.8. The summed E-state index contributed by atoms with van der Waals surface area (Å²) in [5.74, 6) is 1.71. The summed E-state index contributed by atoms with van der Waals surface area (Å²) in [5, 5.41) is 0. The van der Waals surface area contributed by atoms with E-state index < -0.39 is 0 Å². The Kier molecular flexibility index (Phi) is 4.96. The number of nitrogens with zero attached hydrogens (tertiary/aromatic N) is 4. The predicted octanol–water partition coefficient (Wildman–Crippen LogP) is 3.25. The van der Waals surface area contributed by atoms with Crippen LogP contribution in [0.25, 0.3) is 0 Å². The summed E-state index contributed by atoms with van der Waals surface area (Å²) in [5.41, 5.74) is 1.04. The molecule has 2 aromatic rings. The molecular weight excluding hydrogens is 276 g/mol. The van der Waals surface area contributed by atoms with Gasteiger partial charge in [0.2, 0.25) is 5.88 Å². The monoisotopic (exact) mass is 298 g/mol. The van der Waals surface area contributed by atoms with E-state index in [-0.39, 0.29) is 0 Å². The highest BCUT2D eigenvalue weighted by atomic mass is 16.5. The lowest BCUT2D eigenvalue weighted by Crippen LogP contribution is -2.33. The van der Waals surface area contributed by atoms with Gasteiger partial charge >= 0.3 is 0 Å². The molecule has 0 unspecified atom stereocenters. The lowest BCUT2D eigenvalue weighted by atomic mass is 9.94. The summed E-state index contributed by atoms with van der Waals surface area (Å²) in [4.78, 5) is 15.5. The van der Waals surface area contributed by atoms with Gasteiger partial charge in [-0.2, -0.15) is 0 Å². The summed E-state index contributed by atoms with van der Waals surface area (Å²) in [6.07, 6.45) is 10.4. The predicted molar refractivity (Wildman–Crippen MR) is 85.0 cm³/mol. The topological polar surface area (TPSA) is 51.1 Å². The van der Waals surface area contributed by atoms with Crippen LogP contribution >= 0.6 is 0 Å². The van der Waals surface area contributed by atoms with Crippen molar-refractivity contribution in [3.63, 3.8) is 0 Å². The standard InChI is InChI=1S/C17H22N4O/c1-2-8-21-9-5-14(6-10-21)16-12-19-13-17(20-16)22-15-4-3-7-18-11-15/h3-4,7,11-14H,2,5-6,8-10H2,1H3. The Hall–Kier alpha value is -2.01. The maximum atomic E-state index is 5.72. The van der Waals surface area contributed by atoms with E-state index in [4.69, 9.17) is 4.74 Å². The first kappa shape index (κ1) is 14.9. The van der Waals surface area contributed by atoms with E-state index in [1.54, 1.807) is 18.6 Å². The van der Waals surface area contributed by atoms with Gasteiger partial charge in [0.15, 0.2) is 0 Å². The molecule has 2 aromatic heterocycles. The Morgan fingerprint density at radius 2 is 2.05 bits per heavy atom. The molecule has 0 saturated carbocycles. The molecule has 5 nitrogen and oxygen atoms in total. The van der Waals surface area contributed by atoms with Crippen molar-refractivity contribution in [3.8, 4) is 11.6 Å². The van der Waals surface area contributed by atoms with Gasteiger partial charge in [-0.05, 0) is 51.0 Å². The Labute approximate surface area is 131 Å². The lowest BCUT2D eigenvalue weighted by molar-refractivity contribution is 0.211. The van der Waals surface area contributed by atoms with Gasteiger partial charge in [0.25, 0.3) is 0 Å². The number of hydrogen-bond donors (Lipinski definition) is 0. The number of aromatic nitrogens is 3. The third-order valence-corrected chi connectivity index (χ3v) is 4.03. The molecule has 0 bridgehead atoms. The van der Waals surface area contributed by atoms with Crippen LogP contribution in [0, 0.1) is 0 Å². The van der Waals surface area contributed by atoms with Gasteiger partial charge in [-0.1, -0.05) is 6.92 Å². The van der Waals surface area contributed by atoms with Crippen LogP contribution in [0.4, 0.5) is 0 Å². The van der Waals surface area contributed by atoms with Crippen molar-refractivity contribution in [2.24, 2.45) is 0 Å². The number of piperidine rings is 1. The molecule has 22 heavy (non-hydrogen) atoms. The molecular formula is C17H22N4O. The lowest BCUT2D eigenvalue weighted by Gasteiger charge is -2.31. The van der Waals surface area contributed by atoms with Crippen LogP contribution in [0.2, 0.25) is 0 Å². The molecule has 1 fully saturated rings. The number of hydrogen-bond acceptors (Lipinski definition) is 5. The third kappa shape index (κ3) is 3.80. The van der Waals surface area contributed by atoms with Gasteiger partial charge in [0, 0.05) is 18.3 Å². The van der Waals surface area contributed by atoms with Crippen LogP contribution in [0.15, 0.2) is 36.9 Å². The number of likely N-dealkylation sites (tertiary alicyclic amines) is 1. The summed E-state index contributed by atoms with van der Waals surface area (Å²) >= 11 is 0. The Morgan fingerprint density at radius 1 is 1.18 bits per heavy atom. The van der Waals surface area contributed by atoms with Crippen LogP contribution in [-0.4, -0.2) is 39.5 Å². The third-order valence-electron chi connectivity index (χ3n) is 4.03. The van der Waals surface area contributed by atoms with Crippen molar-refractivity contribution < 1.29 is 4.74 Å². The molecule has 3 heterocycles. The largest absolute Gasteiger partial charge is 0.436 e. The fourth-order valence-corrected chi connectivity index (χ4v) is 2.91. The quantitative estimate of drug-likeness (QED) is 0.848. The van der Waals surface area contributed by atoms with E-state index in [9.17, 15) is 0 Å². The van der Waals surface area contributed by atoms with Crippen molar-refractivity contribution in [1.29, 1.82) is 0 Å². The van der Waals surface area contributed by atoms with Crippen LogP contribution < -0.4 is 4.74 Å². The molecule has 0 radical (unpaired) electrons. The number of pyridine rings is 1. The van der Waals surface area contributed by atoms with E-state index in [0.717, 1.165) is 31.6 Å². The first-order valence-corrected chi connectivity index (χ1v) is 7.97.